The molecule has 18 heavy (non-hydrogen) atoms. The van der Waals surface area contributed by atoms with E-state index in [4.69, 9.17) is 4.74 Å². The molecule has 1 aromatic rings. The van der Waals surface area contributed by atoms with Gasteiger partial charge in [-0.15, -0.1) is 0 Å². The Morgan fingerprint density at radius 3 is 2.33 bits per heavy atom. The van der Waals surface area contributed by atoms with E-state index in [9.17, 15) is 4.79 Å². The van der Waals surface area contributed by atoms with Gasteiger partial charge in [0.25, 0.3) is 5.91 Å². The highest BCUT2D eigenvalue weighted by atomic mass is 31.0. The zero-order valence-electron chi connectivity index (χ0n) is 10.4. The largest absolute Gasteiger partial charge is 0.345 e. The van der Waals surface area contributed by atoms with E-state index in [1.807, 2.05) is 29.2 Å². The van der Waals surface area contributed by atoms with Crippen LogP contribution in [-0.2, 0) is 4.74 Å². The summed E-state index contributed by atoms with van der Waals surface area (Å²) in [5.74, 6) is 0.0935. The van der Waals surface area contributed by atoms with E-state index in [0.29, 0.717) is 5.48 Å². The number of carbonyl (C=O) groups excluding carboxylic acids is 1. The number of methoxy groups -OCH3 is 1. The van der Waals surface area contributed by atoms with E-state index in [1.54, 1.807) is 7.11 Å². The Hall–Kier alpha value is -1.22. The molecule has 1 aliphatic rings. The summed E-state index contributed by atoms with van der Waals surface area (Å²) in [4.78, 5) is 14.1. The molecule has 1 aromatic carbocycles. The molecule has 0 aromatic heterocycles. The molecule has 96 valence electrons. The van der Waals surface area contributed by atoms with Crippen molar-refractivity contribution in [3.8, 4) is 0 Å². The van der Waals surface area contributed by atoms with Crippen molar-refractivity contribution in [3.05, 3.63) is 35.4 Å². The second-order valence-corrected chi connectivity index (χ2v) is 4.61. The molecule has 1 N–H and O–H groups in total. The lowest BCUT2D eigenvalue weighted by Gasteiger charge is -2.27. The molecule has 2 rings (SSSR count). The monoisotopic (exact) mass is 264 g/mol. The van der Waals surface area contributed by atoms with E-state index in [0.717, 1.165) is 37.3 Å². The summed E-state index contributed by atoms with van der Waals surface area (Å²) in [5.41, 5.74) is 2.30. The van der Waals surface area contributed by atoms with Crippen LogP contribution in [0, 0.1) is 0 Å². The predicted octanol–water partition coefficient (Wildman–Crippen LogP) is 0.999. The predicted molar refractivity (Wildman–Crippen MR) is 74.6 cm³/mol. The van der Waals surface area contributed by atoms with Gasteiger partial charge in [0.2, 0.25) is 0 Å². The minimum atomic E-state index is 0.0935. The smallest absolute Gasteiger partial charge is 0.253 e. The highest BCUT2D eigenvalue weighted by Gasteiger charge is 2.17. The molecule has 1 amide bonds. The van der Waals surface area contributed by atoms with Gasteiger partial charge in [0.1, 0.15) is 5.48 Å². The molecule has 4 nitrogen and oxygen atoms in total. The van der Waals surface area contributed by atoms with Crippen LogP contribution in [0.4, 0.5) is 0 Å². The maximum absolute atomic E-state index is 12.2. The van der Waals surface area contributed by atoms with Crippen LogP contribution >= 0.6 is 8.86 Å². The lowest BCUT2D eigenvalue weighted by atomic mass is 10.1. The molecule has 0 radical (unpaired) electrons. The summed E-state index contributed by atoms with van der Waals surface area (Å²) in [6, 6.07) is 7.42. The van der Waals surface area contributed by atoms with Crippen LogP contribution in [-0.4, -0.2) is 49.6 Å². The first-order chi connectivity index (χ1) is 8.72. The summed E-state index contributed by atoms with van der Waals surface area (Å²) < 4.78 is 5.08. The normalized spacial score (nSPS) is 15.5. The highest BCUT2D eigenvalue weighted by Crippen LogP contribution is 2.10. The molecular formula is C13H17N2O2P. The third-order valence-corrected chi connectivity index (χ3v) is 3.50. The quantitative estimate of drug-likeness (QED) is 0.828. The van der Waals surface area contributed by atoms with Crippen LogP contribution in [0.1, 0.15) is 15.9 Å². The van der Waals surface area contributed by atoms with Crippen LogP contribution in [0.15, 0.2) is 24.3 Å². The molecule has 0 aliphatic carbocycles. The van der Waals surface area contributed by atoms with Gasteiger partial charge in [-0.1, -0.05) is 21.0 Å². The molecule has 1 heterocycles. The average Bonchev–Trinajstić information content (AvgIpc) is 2.47. The fourth-order valence-corrected chi connectivity index (χ4v) is 2.10. The fraction of sp³-hybridized carbons (Fsp3) is 0.385. The van der Waals surface area contributed by atoms with Gasteiger partial charge in [-0.05, 0) is 12.1 Å². The van der Waals surface area contributed by atoms with E-state index in [2.05, 4.69) is 14.2 Å². The number of benzene rings is 1. The number of piperazine rings is 1. The molecule has 0 spiro atoms. The molecule has 0 unspecified atom stereocenters. The lowest BCUT2D eigenvalue weighted by molar-refractivity contribution is 0.0736. The van der Waals surface area contributed by atoms with Crippen molar-refractivity contribution in [1.82, 2.24) is 10.2 Å². The second kappa shape index (κ2) is 6.10. The number of rotatable bonds is 3. The van der Waals surface area contributed by atoms with Crippen LogP contribution in [0.25, 0.3) is 0 Å². The first-order valence-electron chi connectivity index (χ1n) is 5.95. The number of nitrogens with zero attached hydrogens (tertiary/aromatic N) is 1. The van der Waals surface area contributed by atoms with Crippen LogP contribution in [0.2, 0.25) is 0 Å². The number of carbonyl (C=O) groups is 1. The number of nitrogens with one attached hydrogen (secondary N) is 1. The van der Waals surface area contributed by atoms with E-state index in [-0.39, 0.29) is 5.91 Å². The Morgan fingerprint density at radius 2 is 1.78 bits per heavy atom. The van der Waals surface area contributed by atoms with Gasteiger partial charge in [-0.3, -0.25) is 4.79 Å². The zero-order valence-corrected chi connectivity index (χ0v) is 11.4. The van der Waals surface area contributed by atoms with Crippen molar-refractivity contribution in [2.75, 3.05) is 33.3 Å². The SMILES string of the molecule is COC(=P)c1ccc(C(=O)N2CCNCC2)cc1. The van der Waals surface area contributed by atoms with Crippen molar-refractivity contribution < 1.29 is 9.53 Å². The summed E-state index contributed by atoms with van der Waals surface area (Å²) in [6.07, 6.45) is 0. The van der Waals surface area contributed by atoms with Crippen LogP contribution < -0.4 is 5.32 Å². The lowest BCUT2D eigenvalue weighted by Crippen LogP contribution is -2.46. The minimum Gasteiger partial charge on any atom is -0.345 e. The van der Waals surface area contributed by atoms with Gasteiger partial charge in [0.05, 0.1) is 0 Å². The number of ether oxygens (including phenoxy) is 1. The van der Waals surface area contributed by atoms with Crippen molar-refractivity contribution in [1.29, 1.82) is 0 Å². The molecule has 1 fully saturated rings. The Bertz CT molecular complexity index is 439. The van der Waals surface area contributed by atoms with Crippen molar-refractivity contribution in [3.63, 3.8) is 0 Å². The average molecular weight is 264 g/mol. The first kappa shape index (κ1) is 13.2. The topological polar surface area (TPSA) is 41.6 Å². The van der Waals surface area contributed by atoms with Crippen molar-refractivity contribution in [2.45, 2.75) is 0 Å². The van der Waals surface area contributed by atoms with Gasteiger partial charge in [0, 0.05) is 44.4 Å². The van der Waals surface area contributed by atoms with Crippen LogP contribution in [0.5, 0.6) is 0 Å². The molecule has 0 bridgehead atoms. The molecule has 1 aliphatic heterocycles. The fourth-order valence-electron chi connectivity index (χ4n) is 1.93. The highest BCUT2D eigenvalue weighted by molar-refractivity contribution is 7.21. The van der Waals surface area contributed by atoms with E-state index in [1.165, 1.54) is 0 Å². The Kier molecular flexibility index (Phi) is 4.48. The van der Waals surface area contributed by atoms with Crippen molar-refractivity contribution >= 4 is 20.3 Å². The second-order valence-electron chi connectivity index (χ2n) is 4.15. The number of hydrogen-bond acceptors (Lipinski definition) is 3. The van der Waals surface area contributed by atoms with Gasteiger partial charge < -0.3 is 15.0 Å². The zero-order chi connectivity index (χ0) is 13.0. The minimum absolute atomic E-state index is 0.0935. The van der Waals surface area contributed by atoms with E-state index < -0.39 is 0 Å². The molecule has 0 atom stereocenters. The Morgan fingerprint density at radius 1 is 1.22 bits per heavy atom. The van der Waals surface area contributed by atoms with Gasteiger partial charge >= 0.3 is 0 Å². The summed E-state index contributed by atoms with van der Waals surface area (Å²) in [5, 5.41) is 3.23. The van der Waals surface area contributed by atoms with Crippen molar-refractivity contribution in [2.24, 2.45) is 0 Å². The molecule has 0 saturated carbocycles. The molecular weight excluding hydrogens is 247 g/mol. The van der Waals surface area contributed by atoms with Gasteiger partial charge in [-0.25, -0.2) is 0 Å². The number of hydrogen-bond donors (Lipinski definition) is 1. The molecule has 1 saturated heterocycles. The maximum Gasteiger partial charge on any atom is 0.253 e. The third-order valence-electron chi connectivity index (χ3n) is 3.00. The first-order valence-corrected chi connectivity index (χ1v) is 6.45. The summed E-state index contributed by atoms with van der Waals surface area (Å²) >= 11 is 0. The Labute approximate surface area is 109 Å². The Balaban J connectivity index is 2.08. The number of amides is 1. The van der Waals surface area contributed by atoms with E-state index >= 15 is 0 Å². The molecule has 5 heteroatoms. The standard InChI is InChI=1S/C13H17N2O2P/c1-17-13(18)11-4-2-10(3-5-11)12(16)15-8-6-14-7-9-15/h2-5,14,18H,6-9H2,1H3. The summed E-state index contributed by atoms with van der Waals surface area (Å²) in [7, 11) is 4.97. The van der Waals surface area contributed by atoms with Crippen LogP contribution in [0.3, 0.4) is 0 Å². The third kappa shape index (κ3) is 2.96. The summed E-state index contributed by atoms with van der Waals surface area (Å²) in [6.45, 7) is 3.28. The van der Waals surface area contributed by atoms with Gasteiger partial charge in [0.15, 0.2) is 0 Å². The van der Waals surface area contributed by atoms with Gasteiger partial charge in [-0.2, -0.15) is 0 Å². The maximum atomic E-state index is 12.2.